The molecule has 0 fully saturated rings. The van der Waals surface area contributed by atoms with Crippen molar-refractivity contribution in [2.75, 3.05) is 0 Å². The van der Waals surface area contributed by atoms with E-state index in [1.807, 2.05) is 137 Å². The van der Waals surface area contributed by atoms with Gasteiger partial charge < -0.3 is 35.7 Å². The van der Waals surface area contributed by atoms with Crippen molar-refractivity contribution in [2.24, 2.45) is 0 Å². The standard InChI is InChI=1S/C56H48O7/c1-30-5-13-34(14-6-30)53-38-21-22-46(57)39(23-38)54(35-15-7-31(2)8-16-35)42-25-43(50(61)28-49(42)60)56(37-19-11-33(4)12-20-37)45-26-44(51(62)29-52(45)63)55(36-17-9-32(3)10-18-36)41-24-40(53)47(58)27-48(41)59/h5-29,53-63H,1-4H3. The molecule has 1 aliphatic carbocycles. The fourth-order valence-corrected chi connectivity index (χ4v) is 9.37. The number of rotatable bonds is 4. The molecule has 8 aromatic rings. The van der Waals surface area contributed by atoms with Gasteiger partial charge >= 0.3 is 0 Å². The molecule has 0 amide bonds. The summed E-state index contributed by atoms with van der Waals surface area (Å²) in [6, 6.07) is 45.8. The summed E-state index contributed by atoms with van der Waals surface area (Å²) in [6.07, 6.45) is 0. The SMILES string of the molecule is Cc1ccc(C2c3ccc(O)c(c3)C(c3ccc(C)cc3)c3cc(c(O)cc3O)C(c3ccc(C)cc3)c3cc(c(O)cc3O)C(c3ccc(C)cc3)c3cc2c(O)cc3O)cc1. The second-order valence-electron chi connectivity index (χ2n) is 17.1. The quantitative estimate of drug-likeness (QED) is 0.0936. The average Bonchev–Trinajstić information content (AvgIpc) is 3.25. The Bertz CT molecular complexity index is 3000. The van der Waals surface area contributed by atoms with E-state index in [-0.39, 0.29) is 40.2 Å². The number of phenols is 7. The van der Waals surface area contributed by atoms with Crippen molar-refractivity contribution in [2.45, 2.75) is 51.4 Å². The molecule has 0 saturated heterocycles. The van der Waals surface area contributed by atoms with Crippen molar-refractivity contribution < 1.29 is 35.7 Å². The van der Waals surface area contributed by atoms with Gasteiger partial charge in [0.1, 0.15) is 40.2 Å². The fraction of sp³-hybridized carbons (Fsp3) is 0.143. The molecule has 314 valence electrons. The highest BCUT2D eigenvalue weighted by Gasteiger charge is 2.34. The molecule has 63 heavy (non-hydrogen) atoms. The first kappa shape index (κ1) is 40.7. The highest BCUT2D eigenvalue weighted by molar-refractivity contribution is 5.66. The summed E-state index contributed by atoms with van der Waals surface area (Å²) in [4.78, 5) is 0. The normalized spacial score (nSPS) is 17.0. The molecule has 1 aliphatic rings. The van der Waals surface area contributed by atoms with E-state index in [0.717, 1.165) is 38.9 Å². The van der Waals surface area contributed by atoms with Crippen molar-refractivity contribution in [3.05, 3.63) is 241 Å². The number of fused-ring (bicyclic) bond motifs is 8. The van der Waals surface area contributed by atoms with Crippen LogP contribution in [0.2, 0.25) is 0 Å². The Hall–Kier alpha value is -7.64. The minimum absolute atomic E-state index is 0.0342. The van der Waals surface area contributed by atoms with E-state index in [1.165, 1.54) is 18.2 Å². The first-order valence-electron chi connectivity index (χ1n) is 21.0. The lowest BCUT2D eigenvalue weighted by Gasteiger charge is -2.29. The molecule has 0 radical (unpaired) electrons. The maximum absolute atomic E-state index is 12.0. The van der Waals surface area contributed by atoms with E-state index in [2.05, 4.69) is 0 Å². The van der Waals surface area contributed by atoms with E-state index >= 15 is 0 Å². The van der Waals surface area contributed by atoms with Gasteiger partial charge in [-0.05, 0) is 79.8 Å². The Morgan fingerprint density at radius 1 is 0.222 bits per heavy atom. The molecule has 7 heteroatoms. The Morgan fingerprint density at radius 3 is 0.730 bits per heavy atom. The fourth-order valence-electron chi connectivity index (χ4n) is 9.37. The Kier molecular flexibility index (Phi) is 10.3. The van der Waals surface area contributed by atoms with Crippen LogP contribution in [-0.2, 0) is 0 Å². The van der Waals surface area contributed by atoms with Crippen molar-refractivity contribution in [3.63, 3.8) is 0 Å². The third-order valence-electron chi connectivity index (χ3n) is 12.7. The predicted octanol–water partition coefficient (Wildman–Crippen LogP) is 11.9. The van der Waals surface area contributed by atoms with Crippen LogP contribution in [0.4, 0.5) is 0 Å². The third kappa shape index (κ3) is 7.46. The molecule has 9 rings (SSSR count). The van der Waals surface area contributed by atoms with Crippen LogP contribution in [0.5, 0.6) is 40.2 Å². The van der Waals surface area contributed by atoms with Crippen LogP contribution < -0.4 is 0 Å². The van der Waals surface area contributed by atoms with Crippen LogP contribution in [0.25, 0.3) is 0 Å². The van der Waals surface area contributed by atoms with E-state index < -0.39 is 23.7 Å². The minimum Gasteiger partial charge on any atom is -0.508 e. The van der Waals surface area contributed by atoms with Crippen molar-refractivity contribution in [1.29, 1.82) is 0 Å². The summed E-state index contributed by atoms with van der Waals surface area (Å²) in [5.41, 5.74) is 10.5. The topological polar surface area (TPSA) is 142 Å². The molecule has 4 atom stereocenters. The molecular weight excluding hydrogens is 785 g/mol. The zero-order chi connectivity index (χ0) is 44.3. The van der Waals surface area contributed by atoms with Crippen LogP contribution in [-0.4, -0.2) is 35.7 Å². The molecule has 4 unspecified atom stereocenters. The van der Waals surface area contributed by atoms with Gasteiger partial charge in [0.15, 0.2) is 0 Å². The number of benzene rings is 8. The molecular formula is C56H48O7. The summed E-state index contributed by atoms with van der Waals surface area (Å²) < 4.78 is 0. The van der Waals surface area contributed by atoms with E-state index in [0.29, 0.717) is 50.1 Å². The van der Waals surface area contributed by atoms with E-state index in [4.69, 9.17) is 0 Å². The van der Waals surface area contributed by atoms with Crippen LogP contribution in [0.15, 0.2) is 152 Å². The zero-order valence-electron chi connectivity index (χ0n) is 35.4. The lowest BCUT2D eigenvalue weighted by atomic mass is 9.75. The largest absolute Gasteiger partial charge is 0.508 e. The highest BCUT2D eigenvalue weighted by Crippen LogP contribution is 2.52. The van der Waals surface area contributed by atoms with E-state index in [9.17, 15) is 35.7 Å². The predicted molar refractivity (Wildman–Crippen MR) is 246 cm³/mol. The monoisotopic (exact) mass is 832 g/mol. The molecule has 0 heterocycles. The van der Waals surface area contributed by atoms with Crippen LogP contribution in [0, 0.1) is 27.7 Å². The smallest absolute Gasteiger partial charge is 0.123 e. The number of aromatic hydroxyl groups is 7. The lowest BCUT2D eigenvalue weighted by molar-refractivity contribution is 0.433. The van der Waals surface area contributed by atoms with Crippen molar-refractivity contribution in [1.82, 2.24) is 0 Å². The van der Waals surface area contributed by atoms with Gasteiger partial charge in [-0.3, -0.25) is 0 Å². The molecule has 8 bridgehead atoms. The van der Waals surface area contributed by atoms with Gasteiger partial charge in [0, 0.05) is 80.8 Å². The maximum atomic E-state index is 12.0. The van der Waals surface area contributed by atoms with Crippen LogP contribution in [0.1, 0.15) is 113 Å². The molecule has 0 aromatic heterocycles. The Morgan fingerprint density at radius 2 is 0.444 bits per heavy atom. The van der Waals surface area contributed by atoms with Gasteiger partial charge in [-0.2, -0.15) is 0 Å². The zero-order valence-corrected chi connectivity index (χ0v) is 35.4. The van der Waals surface area contributed by atoms with Gasteiger partial charge in [-0.1, -0.05) is 131 Å². The first-order valence-corrected chi connectivity index (χ1v) is 21.0. The number of hydrogen-bond donors (Lipinski definition) is 7. The third-order valence-corrected chi connectivity index (χ3v) is 12.7. The summed E-state index contributed by atoms with van der Waals surface area (Å²) >= 11 is 0. The average molecular weight is 833 g/mol. The molecule has 8 aromatic carbocycles. The van der Waals surface area contributed by atoms with Crippen LogP contribution >= 0.6 is 0 Å². The summed E-state index contributed by atoms with van der Waals surface area (Å²) in [5, 5.41) is 83.8. The van der Waals surface area contributed by atoms with Gasteiger partial charge in [0.2, 0.25) is 0 Å². The second kappa shape index (κ2) is 16.0. The van der Waals surface area contributed by atoms with Crippen LogP contribution in [0.3, 0.4) is 0 Å². The van der Waals surface area contributed by atoms with Gasteiger partial charge in [0.25, 0.3) is 0 Å². The number of hydrogen-bond acceptors (Lipinski definition) is 7. The maximum Gasteiger partial charge on any atom is 0.123 e. The molecule has 7 nitrogen and oxygen atoms in total. The number of phenolic OH excluding ortho intramolecular Hbond substituents is 7. The van der Waals surface area contributed by atoms with Gasteiger partial charge in [0.05, 0.1) is 0 Å². The summed E-state index contributed by atoms with van der Waals surface area (Å²) in [7, 11) is 0. The second-order valence-corrected chi connectivity index (χ2v) is 17.1. The Labute approximate surface area is 366 Å². The molecule has 7 N–H and O–H groups in total. The summed E-state index contributed by atoms with van der Waals surface area (Å²) in [5.74, 6) is -4.43. The van der Waals surface area contributed by atoms with Gasteiger partial charge in [-0.25, -0.2) is 0 Å². The molecule has 0 spiro atoms. The molecule has 0 saturated carbocycles. The van der Waals surface area contributed by atoms with Crippen molar-refractivity contribution in [3.8, 4) is 40.2 Å². The van der Waals surface area contributed by atoms with Crippen molar-refractivity contribution >= 4 is 0 Å². The number of aryl methyl sites for hydroxylation is 4. The Balaban J connectivity index is 1.46. The van der Waals surface area contributed by atoms with Gasteiger partial charge in [-0.15, -0.1) is 0 Å². The lowest BCUT2D eigenvalue weighted by Crippen LogP contribution is -2.13. The molecule has 0 aliphatic heterocycles. The van der Waals surface area contributed by atoms with E-state index in [1.54, 1.807) is 24.3 Å². The summed E-state index contributed by atoms with van der Waals surface area (Å²) in [6.45, 7) is 7.92. The first-order chi connectivity index (χ1) is 30.2. The highest BCUT2D eigenvalue weighted by atomic mass is 16.3. The minimum atomic E-state index is -0.857.